The number of rotatable bonds is 6. The lowest BCUT2D eigenvalue weighted by molar-refractivity contribution is 0.650. The van der Waals surface area contributed by atoms with Crippen LogP contribution in [0.4, 0.5) is 11.4 Å². The summed E-state index contributed by atoms with van der Waals surface area (Å²) in [6.45, 7) is 0. The highest BCUT2D eigenvalue weighted by Crippen LogP contribution is 2.57. The molecule has 1 unspecified atom stereocenters. The molecule has 0 amide bonds. The van der Waals surface area contributed by atoms with E-state index in [2.05, 4.69) is 179 Å². The highest BCUT2D eigenvalue weighted by Gasteiger charge is 2.47. The van der Waals surface area contributed by atoms with Crippen molar-refractivity contribution in [2.75, 3.05) is 4.90 Å². The lowest BCUT2D eigenvalue weighted by Crippen LogP contribution is -2.40. The van der Waals surface area contributed by atoms with Crippen molar-refractivity contribution in [1.82, 2.24) is 14.5 Å². The zero-order chi connectivity index (χ0) is 41.9. The van der Waals surface area contributed by atoms with Crippen molar-refractivity contribution in [2.24, 2.45) is 0 Å². The molecule has 1 aliphatic carbocycles. The monoisotopic (exact) mass is 805 g/mol. The van der Waals surface area contributed by atoms with Crippen LogP contribution in [-0.4, -0.2) is 14.5 Å². The van der Waals surface area contributed by atoms with E-state index in [1.807, 2.05) is 48.5 Å². The number of hydrogen-bond donors (Lipinski definition) is 0. The first-order valence-corrected chi connectivity index (χ1v) is 21.5. The number of benzene rings is 8. The molecule has 0 bridgehead atoms. The maximum absolute atomic E-state index is 9.74. The summed E-state index contributed by atoms with van der Waals surface area (Å²) >= 11 is 0. The van der Waals surface area contributed by atoms with Crippen molar-refractivity contribution in [1.29, 1.82) is 5.26 Å². The molecule has 63 heavy (non-hydrogen) atoms. The second-order valence-corrected chi connectivity index (χ2v) is 16.3. The van der Waals surface area contributed by atoms with Crippen LogP contribution in [0.15, 0.2) is 224 Å². The number of nitrogens with zero attached hydrogens (tertiary/aromatic N) is 5. The minimum atomic E-state index is -0.538. The molecule has 296 valence electrons. The van der Waals surface area contributed by atoms with Gasteiger partial charge in [0, 0.05) is 44.4 Å². The maximum Gasteiger partial charge on any atom is 0.160 e. The Kier molecular flexibility index (Phi) is 8.52. The summed E-state index contributed by atoms with van der Waals surface area (Å²) < 4.78 is 2.40. The third-order valence-electron chi connectivity index (χ3n) is 13.0. The molecule has 10 aromatic rings. The average molecular weight is 806 g/mol. The van der Waals surface area contributed by atoms with Crippen molar-refractivity contribution in [3.8, 4) is 34.4 Å². The van der Waals surface area contributed by atoms with Gasteiger partial charge < -0.3 is 9.47 Å². The van der Waals surface area contributed by atoms with Gasteiger partial charge in [-0.25, -0.2) is 9.97 Å². The van der Waals surface area contributed by atoms with Gasteiger partial charge in [-0.3, -0.25) is 0 Å². The first-order chi connectivity index (χ1) is 31.2. The first-order valence-electron chi connectivity index (χ1n) is 21.5. The number of allylic oxidation sites excluding steroid dienone is 3. The summed E-state index contributed by atoms with van der Waals surface area (Å²) in [6.07, 6.45) is 6.53. The SMILES string of the molecule is N#Cc1ccc2c(-c3ccc(N4C5=C(CCC=C5)C(c5ccccc5)(c5ccc(-n6c7ccccc7c7ccccc76)cc5)c5ccccc54)cc3)nc(-c3ccccc3)nc2c1. The summed E-state index contributed by atoms with van der Waals surface area (Å²) in [6, 6.07) is 73.6. The van der Waals surface area contributed by atoms with E-state index >= 15 is 0 Å². The predicted molar refractivity (Wildman–Crippen MR) is 256 cm³/mol. The molecule has 3 heterocycles. The van der Waals surface area contributed by atoms with E-state index in [1.54, 1.807) is 0 Å². The molecule has 0 radical (unpaired) electrons. The zero-order valence-corrected chi connectivity index (χ0v) is 34.4. The van der Waals surface area contributed by atoms with Crippen LogP contribution in [0.5, 0.6) is 0 Å². The Bertz CT molecular complexity index is 3450. The van der Waals surface area contributed by atoms with Gasteiger partial charge >= 0.3 is 0 Å². The molecule has 5 nitrogen and oxygen atoms in total. The van der Waals surface area contributed by atoms with Gasteiger partial charge in [-0.05, 0) is 102 Å². The standard InChI is InChI=1S/C58H39N5/c59-38-39-27-36-48-51(37-39)60-57(41-15-3-1-4-16-41)61-56(48)40-28-32-44(33-29-40)63-54-25-13-9-21-49(54)58(42-17-5-2-6-18-42,50-22-10-14-26-55(50)63)43-30-34-45(35-31-43)62-52-23-11-7-19-46(52)47-20-8-12-24-53(47)62/h1-9,11-21,23-37H,10,22H2. The van der Waals surface area contributed by atoms with Crippen molar-refractivity contribution in [3.05, 3.63) is 246 Å². The van der Waals surface area contributed by atoms with Gasteiger partial charge in [-0.1, -0.05) is 146 Å². The van der Waals surface area contributed by atoms with E-state index in [0.29, 0.717) is 11.4 Å². The number of anilines is 2. The third-order valence-corrected chi connectivity index (χ3v) is 13.0. The Morgan fingerprint density at radius 2 is 1.17 bits per heavy atom. The molecule has 0 saturated carbocycles. The molecule has 12 rings (SSSR count). The van der Waals surface area contributed by atoms with E-state index in [9.17, 15) is 5.26 Å². The normalized spacial score (nSPS) is 15.7. The second kappa shape index (κ2) is 14.7. The zero-order valence-electron chi connectivity index (χ0n) is 34.4. The molecule has 2 aromatic heterocycles. The van der Waals surface area contributed by atoms with E-state index in [0.717, 1.165) is 57.6 Å². The molecule has 0 N–H and O–H groups in total. The van der Waals surface area contributed by atoms with Gasteiger partial charge in [0.25, 0.3) is 0 Å². The Morgan fingerprint density at radius 3 is 1.90 bits per heavy atom. The van der Waals surface area contributed by atoms with Crippen molar-refractivity contribution in [3.63, 3.8) is 0 Å². The topological polar surface area (TPSA) is 57.7 Å². The van der Waals surface area contributed by atoms with Gasteiger partial charge in [0.05, 0.1) is 45.0 Å². The quantitative estimate of drug-likeness (QED) is 0.168. The number of aromatic nitrogens is 3. The molecule has 8 aromatic carbocycles. The molecular formula is C58H39N5. The van der Waals surface area contributed by atoms with Crippen molar-refractivity contribution in [2.45, 2.75) is 18.3 Å². The lowest BCUT2D eigenvalue weighted by Gasteiger charge is -2.48. The number of hydrogen-bond acceptors (Lipinski definition) is 4. The highest BCUT2D eigenvalue weighted by molar-refractivity contribution is 6.09. The molecule has 0 spiro atoms. The van der Waals surface area contributed by atoms with Gasteiger partial charge in [0.2, 0.25) is 0 Å². The summed E-state index contributed by atoms with van der Waals surface area (Å²) in [4.78, 5) is 12.5. The lowest BCUT2D eigenvalue weighted by atomic mass is 9.60. The molecule has 5 heteroatoms. The predicted octanol–water partition coefficient (Wildman–Crippen LogP) is 14.0. The minimum absolute atomic E-state index is 0.538. The molecule has 1 aliphatic heterocycles. The molecule has 1 atom stereocenters. The van der Waals surface area contributed by atoms with Crippen LogP contribution in [0.3, 0.4) is 0 Å². The van der Waals surface area contributed by atoms with Crippen LogP contribution in [0, 0.1) is 11.3 Å². The van der Waals surface area contributed by atoms with E-state index in [-0.39, 0.29) is 0 Å². The maximum atomic E-state index is 9.74. The second-order valence-electron chi connectivity index (χ2n) is 16.3. The summed E-state index contributed by atoms with van der Waals surface area (Å²) in [5.74, 6) is 0.629. The fourth-order valence-electron chi connectivity index (χ4n) is 10.3. The fraction of sp³-hybridized carbons (Fsp3) is 0.0517. The number of para-hydroxylation sites is 3. The molecule has 0 fully saturated rings. The van der Waals surface area contributed by atoms with E-state index in [4.69, 9.17) is 9.97 Å². The summed E-state index contributed by atoms with van der Waals surface area (Å²) in [5, 5.41) is 13.2. The number of nitriles is 1. The fourth-order valence-corrected chi connectivity index (χ4v) is 10.3. The van der Waals surface area contributed by atoms with E-state index < -0.39 is 5.41 Å². The first kappa shape index (κ1) is 36.5. The van der Waals surface area contributed by atoms with E-state index in [1.165, 1.54) is 49.8 Å². The largest absolute Gasteiger partial charge is 0.310 e. The van der Waals surface area contributed by atoms with Crippen molar-refractivity contribution >= 4 is 44.1 Å². The third kappa shape index (κ3) is 5.69. The average Bonchev–Trinajstić information content (AvgIpc) is 3.70. The smallest absolute Gasteiger partial charge is 0.160 e. The van der Waals surface area contributed by atoms with Crippen LogP contribution >= 0.6 is 0 Å². The molecule has 2 aliphatic rings. The molecule has 0 saturated heterocycles. The Balaban J connectivity index is 1.02. The number of fused-ring (bicyclic) bond motifs is 5. The van der Waals surface area contributed by atoms with Gasteiger partial charge in [0.15, 0.2) is 5.82 Å². The van der Waals surface area contributed by atoms with Crippen LogP contribution < -0.4 is 4.90 Å². The summed E-state index contributed by atoms with van der Waals surface area (Å²) in [7, 11) is 0. The van der Waals surface area contributed by atoms with Crippen molar-refractivity contribution < 1.29 is 0 Å². The Morgan fingerprint density at radius 1 is 0.540 bits per heavy atom. The summed E-state index contributed by atoms with van der Waals surface area (Å²) in [5.41, 5.74) is 15.6. The Labute approximate surface area is 365 Å². The van der Waals surface area contributed by atoms with Crippen LogP contribution in [0.1, 0.15) is 35.1 Å². The van der Waals surface area contributed by atoms with Crippen LogP contribution in [0.25, 0.3) is 61.0 Å². The van der Waals surface area contributed by atoms with Gasteiger partial charge in [-0.15, -0.1) is 0 Å². The Hall–Kier alpha value is -8.33. The van der Waals surface area contributed by atoms with Gasteiger partial charge in [-0.2, -0.15) is 5.26 Å². The highest BCUT2D eigenvalue weighted by atomic mass is 15.2. The van der Waals surface area contributed by atoms with Crippen LogP contribution in [-0.2, 0) is 5.41 Å². The molecular weight excluding hydrogens is 767 g/mol. The van der Waals surface area contributed by atoms with Crippen LogP contribution in [0.2, 0.25) is 0 Å². The minimum Gasteiger partial charge on any atom is -0.310 e. The van der Waals surface area contributed by atoms with Gasteiger partial charge in [0.1, 0.15) is 0 Å².